The third-order valence-corrected chi connectivity index (χ3v) is 4.79. The Labute approximate surface area is 110 Å². The molecule has 0 aliphatic carbocycles. The fourth-order valence-electron chi connectivity index (χ4n) is 2.97. The third-order valence-electron chi connectivity index (χ3n) is 4.79. The fourth-order valence-corrected chi connectivity index (χ4v) is 2.97. The van der Waals surface area contributed by atoms with Crippen molar-refractivity contribution in [3.05, 3.63) is 0 Å². The molecule has 18 heavy (non-hydrogen) atoms. The lowest BCUT2D eigenvalue weighted by Crippen LogP contribution is -2.44. The van der Waals surface area contributed by atoms with Gasteiger partial charge in [-0.3, -0.25) is 4.79 Å². The van der Waals surface area contributed by atoms with Gasteiger partial charge in [-0.2, -0.15) is 0 Å². The van der Waals surface area contributed by atoms with Crippen LogP contribution in [0.1, 0.15) is 60.3 Å². The quantitative estimate of drug-likeness (QED) is 0.722. The molecular formula is C15H26O3. The van der Waals surface area contributed by atoms with Gasteiger partial charge >= 0.3 is 5.97 Å². The van der Waals surface area contributed by atoms with E-state index in [2.05, 4.69) is 0 Å². The molecular weight excluding hydrogens is 228 g/mol. The van der Waals surface area contributed by atoms with E-state index in [9.17, 15) is 4.79 Å². The molecule has 3 atom stereocenters. The van der Waals surface area contributed by atoms with Gasteiger partial charge in [0.2, 0.25) is 0 Å². The van der Waals surface area contributed by atoms with Crippen molar-refractivity contribution in [1.29, 1.82) is 0 Å². The summed E-state index contributed by atoms with van der Waals surface area (Å²) in [5, 5.41) is 0. The van der Waals surface area contributed by atoms with Crippen LogP contribution < -0.4 is 0 Å². The molecule has 104 valence electrons. The van der Waals surface area contributed by atoms with Crippen LogP contribution in [0.15, 0.2) is 0 Å². The number of carbonyl (C=O) groups excluding carboxylic acids is 1. The Morgan fingerprint density at radius 2 is 1.94 bits per heavy atom. The summed E-state index contributed by atoms with van der Waals surface area (Å²) >= 11 is 0. The van der Waals surface area contributed by atoms with E-state index in [0.717, 1.165) is 19.3 Å². The number of carbonyl (C=O) groups is 1. The van der Waals surface area contributed by atoms with Gasteiger partial charge < -0.3 is 9.47 Å². The van der Waals surface area contributed by atoms with Crippen LogP contribution in [0.3, 0.4) is 0 Å². The van der Waals surface area contributed by atoms with E-state index >= 15 is 0 Å². The Morgan fingerprint density at radius 3 is 2.39 bits per heavy atom. The number of hydrogen-bond donors (Lipinski definition) is 0. The molecule has 3 heteroatoms. The Morgan fingerprint density at radius 1 is 1.28 bits per heavy atom. The fraction of sp³-hybridized carbons (Fsp3) is 0.933. The number of ether oxygens (including phenoxy) is 2. The molecule has 2 bridgehead atoms. The average Bonchev–Trinajstić information content (AvgIpc) is 2.90. The van der Waals surface area contributed by atoms with Crippen LogP contribution in [-0.2, 0) is 14.3 Å². The zero-order chi connectivity index (χ0) is 13.6. The van der Waals surface area contributed by atoms with E-state index in [-0.39, 0.29) is 5.97 Å². The van der Waals surface area contributed by atoms with Crippen LogP contribution in [0.5, 0.6) is 0 Å². The van der Waals surface area contributed by atoms with Gasteiger partial charge in [0.15, 0.2) is 0 Å². The van der Waals surface area contributed by atoms with E-state index < -0.39 is 11.0 Å². The zero-order valence-corrected chi connectivity index (χ0v) is 12.3. The summed E-state index contributed by atoms with van der Waals surface area (Å²) in [5.41, 5.74) is -0.806. The molecule has 0 saturated carbocycles. The van der Waals surface area contributed by atoms with Crippen LogP contribution >= 0.6 is 0 Å². The van der Waals surface area contributed by atoms with Crippen LogP contribution in [0.2, 0.25) is 0 Å². The van der Waals surface area contributed by atoms with Crippen LogP contribution in [-0.4, -0.2) is 23.8 Å². The molecule has 2 rings (SSSR count). The van der Waals surface area contributed by atoms with Gasteiger partial charge in [-0.05, 0) is 53.4 Å². The summed E-state index contributed by atoms with van der Waals surface area (Å²) in [6, 6.07) is 0. The monoisotopic (exact) mass is 254 g/mol. The highest BCUT2D eigenvalue weighted by molar-refractivity contribution is 5.76. The van der Waals surface area contributed by atoms with Crippen molar-refractivity contribution >= 4 is 5.97 Å². The highest BCUT2D eigenvalue weighted by Crippen LogP contribution is 2.45. The summed E-state index contributed by atoms with van der Waals surface area (Å²) in [4.78, 5) is 12.2. The van der Waals surface area contributed by atoms with Gasteiger partial charge in [0.25, 0.3) is 0 Å². The smallest absolute Gasteiger partial charge is 0.312 e. The molecule has 0 aromatic rings. The van der Waals surface area contributed by atoms with Crippen molar-refractivity contribution in [2.24, 2.45) is 11.3 Å². The predicted molar refractivity (Wildman–Crippen MR) is 70.2 cm³/mol. The molecule has 2 fully saturated rings. The maximum atomic E-state index is 12.2. The lowest BCUT2D eigenvalue weighted by atomic mass is 9.78. The van der Waals surface area contributed by atoms with Crippen molar-refractivity contribution in [3.63, 3.8) is 0 Å². The molecule has 3 nitrogen and oxygen atoms in total. The van der Waals surface area contributed by atoms with Gasteiger partial charge in [0, 0.05) is 5.92 Å². The molecule has 2 aliphatic heterocycles. The summed E-state index contributed by atoms with van der Waals surface area (Å²) in [7, 11) is 0. The highest BCUT2D eigenvalue weighted by atomic mass is 16.6. The average molecular weight is 254 g/mol. The van der Waals surface area contributed by atoms with Crippen LogP contribution in [0.25, 0.3) is 0 Å². The largest absolute Gasteiger partial charge is 0.459 e. The minimum atomic E-state index is -0.413. The van der Waals surface area contributed by atoms with Crippen molar-refractivity contribution in [1.82, 2.24) is 0 Å². The third kappa shape index (κ3) is 2.42. The van der Waals surface area contributed by atoms with Gasteiger partial charge in [0.1, 0.15) is 5.60 Å². The van der Waals surface area contributed by atoms with E-state index in [1.54, 1.807) is 0 Å². The van der Waals surface area contributed by atoms with E-state index in [4.69, 9.17) is 9.47 Å². The normalized spacial score (nSPS) is 31.7. The standard InChI is InChI=1S/C15H26O3/c1-6-14(2,3)13(16)18-15(4,5)11-9-10-7-8-12(11)17-10/h10-12H,6-9H2,1-5H3. The second kappa shape index (κ2) is 4.52. The SMILES string of the molecule is CCC(C)(C)C(=O)OC(C)(C)C1CC2CCC1O2. The molecule has 3 unspecified atom stereocenters. The van der Waals surface area contributed by atoms with E-state index in [0.29, 0.717) is 18.1 Å². The van der Waals surface area contributed by atoms with Crippen molar-refractivity contribution in [2.75, 3.05) is 0 Å². The number of fused-ring (bicyclic) bond motifs is 2. The van der Waals surface area contributed by atoms with Crippen LogP contribution in [0, 0.1) is 11.3 Å². The van der Waals surface area contributed by atoms with Crippen molar-refractivity contribution < 1.29 is 14.3 Å². The maximum absolute atomic E-state index is 12.2. The Kier molecular flexibility index (Phi) is 3.48. The first kappa shape index (κ1) is 13.9. The molecule has 0 N–H and O–H groups in total. The first-order chi connectivity index (χ1) is 8.26. The van der Waals surface area contributed by atoms with Crippen LogP contribution in [0.4, 0.5) is 0 Å². The van der Waals surface area contributed by atoms with E-state index in [1.165, 1.54) is 6.42 Å². The summed E-state index contributed by atoms with van der Waals surface area (Å²) in [6.45, 7) is 9.98. The Bertz CT molecular complexity index is 333. The Hall–Kier alpha value is -0.570. The lowest BCUT2D eigenvalue weighted by Gasteiger charge is -2.37. The summed E-state index contributed by atoms with van der Waals surface area (Å²) in [6.07, 6.45) is 4.82. The molecule has 0 spiro atoms. The maximum Gasteiger partial charge on any atom is 0.312 e. The second-order valence-corrected chi connectivity index (χ2v) is 6.95. The van der Waals surface area contributed by atoms with Gasteiger partial charge in [-0.1, -0.05) is 6.92 Å². The van der Waals surface area contributed by atoms with Gasteiger partial charge in [0.05, 0.1) is 17.6 Å². The molecule has 0 aromatic carbocycles. The first-order valence-corrected chi connectivity index (χ1v) is 7.15. The number of hydrogen-bond acceptors (Lipinski definition) is 3. The predicted octanol–water partition coefficient (Wildman–Crippen LogP) is 3.31. The molecule has 0 aromatic heterocycles. The molecule has 0 amide bonds. The molecule has 0 radical (unpaired) electrons. The number of esters is 1. The summed E-state index contributed by atoms with van der Waals surface area (Å²) < 4.78 is 11.7. The van der Waals surface area contributed by atoms with E-state index in [1.807, 2.05) is 34.6 Å². The minimum Gasteiger partial charge on any atom is -0.459 e. The van der Waals surface area contributed by atoms with Crippen molar-refractivity contribution in [3.8, 4) is 0 Å². The highest BCUT2D eigenvalue weighted by Gasteiger charge is 2.50. The first-order valence-electron chi connectivity index (χ1n) is 7.15. The minimum absolute atomic E-state index is 0.0854. The topological polar surface area (TPSA) is 35.5 Å². The van der Waals surface area contributed by atoms with Gasteiger partial charge in [-0.15, -0.1) is 0 Å². The van der Waals surface area contributed by atoms with Crippen molar-refractivity contribution in [2.45, 2.75) is 78.1 Å². The second-order valence-electron chi connectivity index (χ2n) is 6.95. The molecule has 2 saturated heterocycles. The van der Waals surface area contributed by atoms with Gasteiger partial charge in [-0.25, -0.2) is 0 Å². The zero-order valence-electron chi connectivity index (χ0n) is 12.3. The number of rotatable bonds is 4. The molecule has 2 aliphatic rings. The molecule has 2 heterocycles. The lowest BCUT2D eigenvalue weighted by molar-refractivity contribution is -0.174. The summed E-state index contributed by atoms with van der Waals surface area (Å²) in [5.74, 6) is 0.269. The Balaban J connectivity index is 2.01.